The highest BCUT2D eigenvalue weighted by molar-refractivity contribution is 6.61. The summed E-state index contributed by atoms with van der Waals surface area (Å²) in [7, 11) is 1.61. The predicted molar refractivity (Wildman–Crippen MR) is 85.1 cm³/mol. The summed E-state index contributed by atoms with van der Waals surface area (Å²) in [5.74, 6) is 1.04. The van der Waals surface area contributed by atoms with E-state index in [1.165, 1.54) is 0 Å². The summed E-state index contributed by atoms with van der Waals surface area (Å²) >= 11 is 0. The van der Waals surface area contributed by atoms with Crippen molar-refractivity contribution >= 4 is 14.5 Å². The number of ether oxygens (including phenoxy) is 2. The quantitative estimate of drug-likeness (QED) is 0.757. The minimum atomic E-state index is -1.77. The summed E-state index contributed by atoms with van der Waals surface area (Å²) in [4.78, 5) is 0. The first-order chi connectivity index (χ1) is 9.97. The molecule has 0 aromatic heterocycles. The van der Waals surface area contributed by atoms with Gasteiger partial charge in [0.25, 0.3) is 0 Å². The lowest BCUT2D eigenvalue weighted by Crippen LogP contribution is -2.40. The molecule has 0 aliphatic carbocycles. The van der Waals surface area contributed by atoms with Crippen molar-refractivity contribution in [2.75, 3.05) is 14.2 Å². The molecule has 0 fully saturated rings. The maximum atomic E-state index is 6.08. The summed E-state index contributed by atoms with van der Waals surface area (Å²) < 4.78 is 22.9. The van der Waals surface area contributed by atoms with E-state index < -0.39 is 15.1 Å². The van der Waals surface area contributed by atoms with Gasteiger partial charge in [0.05, 0.1) is 6.61 Å². The average Bonchev–Trinajstić information content (AvgIpc) is 2.47. The normalized spacial score (nSPS) is 21.5. The van der Waals surface area contributed by atoms with Crippen LogP contribution in [0.4, 0.5) is 0 Å². The first-order valence-electron chi connectivity index (χ1n) is 7.49. The van der Waals surface area contributed by atoms with Gasteiger partial charge in [0.1, 0.15) is 5.75 Å². The van der Waals surface area contributed by atoms with Crippen LogP contribution in [0.1, 0.15) is 39.2 Å². The smallest absolute Gasteiger partial charge is 0.355 e. The third-order valence-electron chi connectivity index (χ3n) is 3.82. The van der Waals surface area contributed by atoms with Crippen molar-refractivity contribution in [3.05, 3.63) is 23.8 Å². The topological polar surface area (TPSA) is 36.9 Å². The van der Waals surface area contributed by atoms with Crippen LogP contribution in [0.25, 0.3) is 0 Å². The van der Waals surface area contributed by atoms with Gasteiger partial charge in [0, 0.05) is 33.1 Å². The first-order valence-corrected chi connectivity index (χ1v) is 9.01. The zero-order chi connectivity index (χ0) is 15.5. The van der Waals surface area contributed by atoms with Gasteiger partial charge >= 0.3 is 9.28 Å². The lowest BCUT2D eigenvalue weighted by Gasteiger charge is -2.36. The number of rotatable bonds is 6. The van der Waals surface area contributed by atoms with Crippen molar-refractivity contribution in [1.29, 1.82) is 0 Å². The molecule has 1 aromatic rings. The van der Waals surface area contributed by atoms with Crippen LogP contribution in [0.15, 0.2) is 18.2 Å². The van der Waals surface area contributed by atoms with Crippen molar-refractivity contribution in [3.63, 3.8) is 0 Å². The molecular formula is C16H26O4Si. The van der Waals surface area contributed by atoms with E-state index in [9.17, 15) is 0 Å². The van der Waals surface area contributed by atoms with Gasteiger partial charge in [-0.2, -0.15) is 0 Å². The highest BCUT2D eigenvalue weighted by Gasteiger charge is 2.33. The van der Waals surface area contributed by atoms with Crippen LogP contribution < -0.4 is 9.92 Å². The number of benzene rings is 1. The summed E-state index contributed by atoms with van der Waals surface area (Å²) in [5, 5.41) is 1.11. The molecule has 1 atom stereocenters. The fourth-order valence-corrected chi connectivity index (χ4v) is 3.82. The van der Waals surface area contributed by atoms with Gasteiger partial charge in [0.2, 0.25) is 5.79 Å². The molecule has 0 bridgehead atoms. The zero-order valence-corrected chi connectivity index (χ0v) is 14.8. The van der Waals surface area contributed by atoms with Crippen molar-refractivity contribution in [3.8, 4) is 5.75 Å². The lowest BCUT2D eigenvalue weighted by atomic mass is 10.0. The molecule has 1 aliphatic heterocycles. The second-order valence-corrected chi connectivity index (χ2v) is 8.40. The molecule has 0 amide bonds. The number of hydrogen-bond acceptors (Lipinski definition) is 4. The Kier molecular flexibility index (Phi) is 5.43. The lowest BCUT2D eigenvalue weighted by molar-refractivity contribution is -0.198. The summed E-state index contributed by atoms with van der Waals surface area (Å²) in [6, 6.07) is 6.14. The molecule has 1 aromatic carbocycles. The molecule has 2 rings (SSSR count). The summed E-state index contributed by atoms with van der Waals surface area (Å²) in [6.45, 7) is 7.03. The largest absolute Gasteiger partial charge is 0.462 e. The maximum Gasteiger partial charge on any atom is 0.355 e. The second kappa shape index (κ2) is 6.92. The van der Waals surface area contributed by atoms with Gasteiger partial charge in [0.15, 0.2) is 0 Å². The van der Waals surface area contributed by atoms with Crippen molar-refractivity contribution in [2.45, 2.75) is 46.0 Å². The Morgan fingerprint density at radius 1 is 1.29 bits per heavy atom. The molecule has 118 valence electrons. The monoisotopic (exact) mass is 310 g/mol. The Morgan fingerprint density at radius 3 is 2.62 bits per heavy atom. The van der Waals surface area contributed by atoms with Gasteiger partial charge in [-0.25, -0.2) is 0 Å². The standard InChI is InChI=1S/C16H26O4Si/c1-12(2)8-9-16(3)19-11-13-10-14(21(17-4)18-5)6-7-15(13)20-16/h6-7,10,12,21H,8-9,11H2,1-5H3. The van der Waals surface area contributed by atoms with Gasteiger partial charge in [-0.15, -0.1) is 0 Å². The Morgan fingerprint density at radius 2 is 2.00 bits per heavy atom. The van der Waals surface area contributed by atoms with Gasteiger partial charge in [-0.1, -0.05) is 19.9 Å². The van der Waals surface area contributed by atoms with Gasteiger partial charge in [-0.05, 0) is 29.7 Å². The van der Waals surface area contributed by atoms with E-state index in [2.05, 4.69) is 19.9 Å². The Bertz CT molecular complexity index is 473. The molecular weight excluding hydrogens is 284 g/mol. The SMILES string of the molecule is CO[SiH](OC)c1ccc2c(c1)COC(C)(CCC(C)C)O2. The zero-order valence-electron chi connectivity index (χ0n) is 13.6. The fourth-order valence-electron chi connectivity index (χ4n) is 2.49. The Hall–Kier alpha value is -0.883. The average molecular weight is 310 g/mol. The van der Waals surface area contributed by atoms with Crippen LogP contribution >= 0.6 is 0 Å². The van der Waals surface area contributed by atoms with E-state index in [0.717, 1.165) is 29.3 Å². The van der Waals surface area contributed by atoms with E-state index in [1.807, 2.05) is 19.1 Å². The Labute approximate surface area is 129 Å². The van der Waals surface area contributed by atoms with Crippen LogP contribution in [0.3, 0.4) is 0 Å². The minimum absolute atomic E-state index is 0.516. The highest BCUT2D eigenvalue weighted by Crippen LogP contribution is 2.33. The van der Waals surface area contributed by atoms with Crippen molar-refractivity contribution in [1.82, 2.24) is 0 Å². The molecule has 4 nitrogen and oxygen atoms in total. The Balaban J connectivity index is 2.12. The second-order valence-electron chi connectivity index (χ2n) is 6.13. The van der Waals surface area contributed by atoms with Crippen molar-refractivity contribution < 1.29 is 18.3 Å². The number of hydrogen-bond donors (Lipinski definition) is 0. The van der Waals surface area contributed by atoms with E-state index in [-0.39, 0.29) is 0 Å². The first kappa shape index (κ1) is 16.5. The van der Waals surface area contributed by atoms with Crippen molar-refractivity contribution in [2.24, 2.45) is 5.92 Å². The highest BCUT2D eigenvalue weighted by atomic mass is 28.3. The molecule has 21 heavy (non-hydrogen) atoms. The van der Waals surface area contributed by atoms with E-state index in [1.54, 1.807) is 14.2 Å². The summed E-state index contributed by atoms with van der Waals surface area (Å²) in [5.41, 5.74) is 1.07. The molecule has 5 heteroatoms. The van der Waals surface area contributed by atoms with Crippen LogP contribution in [-0.2, 0) is 20.2 Å². The van der Waals surface area contributed by atoms with E-state index in [4.69, 9.17) is 18.3 Å². The van der Waals surface area contributed by atoms with Crippen LogP contribution in [0.2, 0.25) is 0 Å². The fraction of sp³-hybridized carbons (Fsp3) is 0.625. The summed E-state index contributed by atoms with van der Waals surface area (Å²) in [6.07, 6.45) is 1.99. The van der Waals surface area contributed by atoms with Gasteiger partial charge in [-0.3, -0.25) is 0 Å². The molecule has 0 spiro atoms. The molecule has 0 saturated heterocycles. The molecule has 0 N–H and O–H groups in total. The third-order valence-corrected chi connectivity index (χ3v) is 5.58. The number of fused-ring (bicyclic) bond motifs is 1. The van der Waals surface area contributed by atoms with Gasteiger partial charge < -0.3 is 18.3 Å². The van der Waals surface area contributed by atoms with E-state index in [0.29, 0.717) is 12.5 Å². The van der Waals surface area contributed by atoms with E-state index >= 15 is 0 Å². The predicted octanol–water partition coefficient (Wildman–Crippen LogP) is 2.47. The minimum Gasteiger partial charge on any atom is -0.462 e. The molecule has 1 unspecified atom stereocenters. The molecule has 1 heterocycles. The van der Waals surface area contributed by atoms with Crippen LogP contribution in [0.5, 0.6) is 5.75 Å². The molecule has 0 radical (unpaired) electrons. The van der Waals surface area contributed by atoms with Crippen LogP contribution in [0, 0.1) is 5.92 Å². The molecule has 0 saturated carbocycles. The molecule has 1 aliphatic rings. The van der Waals surface area contributed by atoms with Crippen LogP contribution in [-0.4, -0.2) is 29.3 Å². The third kappa shape index (κ3) is 4.07. The maximum absolute atomic E-state index is 6.08.